The molecule has 0 aromatic carbocycles. The molecule has 0 heterocycles. The lowest BCUT2D eigenvalue weighted by atomic mass is 10.2. The van der Waals surface area contributed by atoms with E-state index in [1.54, 1.807) is 0 Å². The van der Waals surface area contributed by atoms with Crippen molar-refractivity contribution in [3.05, 3.63) is 0 Å². The second kappa shape index (κ2) is 23.6. The van der Waals surface area contributed by atoms with Crippen LogP contribution < -0.4 is 5.73 Å². The number of aliphatic hydroxyl groups excluding tert-OH is 1. The number of nitrogens with two attached hydrogens (primary N) is 1. The van der Waals surface area contributed by atoms with Gasteiger partial charge in [0, 0.05) is 0 Å². The van der Waals surface area contributed by atoms with E-state index in [2.05, 4.69) is 13.8 Å². The maximum absolute atomic E-state index is 8.78. The average molecular weight is 219 g/mol. The molecule has 0 saturated carbocycles. The fourth-order valence-corrected chi connectivity index (χ4v) is 0.897. The molecule has 0 amide bonds. The summed E-state index contributed by atoms with van der Waals surface area (Å²) < 4.78 is 0. The lowest BCUT2D eigenvalue weighted by Crippen LogP contribution is -2.11. The van der Waals surface area contributed by atoms with Crippen molar-refractivity contribution < 1.29 is 5.11 Å². The highest BCUT2D eigenvalue weighted by molar-refractivity contribution is 4.50. The Hall–Kier alpha value is -0.0800. The van der Waals surface area contributed by atoms with Crippen LogP contribution >= 0.6 is 0 Å². The molecule has 1 atom stereocenters. The number of aliphatic hydroxyl groups is 1. The van der Waals surface area contributed by atoms with Crippen LogP contribution in [0.15, 0.2) is 0 Å². The van der Waals surface area contributed by atoms with Crippen molar-refractivity contribution in [2.45, 2.75) is 79.2 Å². The van der Waals surface area contributed by atoms with Crippen LogP contribution in [0.25, 0.3) is 0 Å². The Morgan fingerprint density at radius 3 is 1.53 bits per heavy atom. The van der Waals surface area contributed by atoms with Gasteiger partial charge in [0.15, 0.2) is 0 Å². The topological polar surface area (TPSA) is 46.2 Å². The van der Waals surface area contributed by atoms with Crippen LogP contribution in [0.4, 0.5) is 0 Å². The molecule has 2 nitrogen and oxygen atoms in total. The first-order valence-electron chi connectivity index (χ1n) is 6.60. The van der Waals surface area contributed by atoms with Gasteiger partial charge in [-0.2, -0.15) is 0 Å². The van der Waals surface area contributed by atoms with Gasteiger partial charge in [0.1, 0.15) is 0 Å². The van der Waals surface area contributed by atoms with Gasteiger partial charge in [-0.3, -0.25) is 0 Å². The van der Waals surface area contributed by atoms with Crippen LogP contribution in [0, 0.1) is 0 Å². The molecule has 96 valence electrons. The van der Waals surface area contributed by atoms with Gasteiger partial charge in [0.2, 0.25) is 0 Å². The Morgan fingerprint density at radius 1 is 1.00 bits per heavy atom. The Kier molecular flexibility index (Phi) is 32.0. The van der Waals surface area contributed by atoms with Gasteiger partial charge in [-0.25, -0.2) is 0 Å². The van der Waals surface area contributed by atoms with E-state index < -0.39 is 0 Å². The summed E-state index contributed by atoms with van der Waals surface area (Å²) in [5.41, 5.74) is 5.14. The number of hydrogen-bond acceptors (Lipinski definition) is 2. The van der Waals surface area contributed by atoms with Gasteiger partial charge >= 0.3 is 0 Å². The number of rotatable bonds is 6. The summed E-state index contributed by atoms with van der Waals surface area (Å²) in [6.07, 6.45) is 6.91. The Labute approximate surface area is 97.3 Å². The zero-order chi connectivity index (χ0) is 12.5. The summed E-state index contributed by atoms with van der Waals surface area (Å²) in [6.45, 7) is 11.0. The minimum absolute atomic E-state index is 0.176. The molecule has 2 heteroatoms. The highest BCUT2D eigenvalue weighted by Gasteiger charge is 1.94. The second-order valence-electron chi connectivity index (χ2n) is 3.35. The van der Waals surface area contributed by atoms with Crippen LogP contribution in [0.2, 0.25) is 0 Å². The van der Waals surface area contributed by atoms with Crippen LogP contribution in [-0.2, 0) is 0 Å². The molecule has 3 N–H and O–H groups in total. The SMILES string of the molecule is CC.CCCCCC.CC[C@@H](O)CCN. The second-order valence-corrected chi connectivity index (χ2v) is 3.35. The normalized spacial score (nSPS) is 10.6. The molecule has 0 spiro atoms. The van der Waals surface area contributed by atoms with Crippen molar-refractivity contribution in [3.63, 3.8) is 0 Å². The molecule has 0 aliphatic carbocycles. The monoisotopic (exact) mass is 219 g/mol. The third kappa shape index (κ3) is 31.5. The van der Waals surface area contributed by atoms with Crippen molar-refractivity contribution in [2.75, 3.05) is 6.54 Å². The molecule has 0 radical (unpaired) electrons. The highest BCUT2D eigenvalue weighted by atomic mass is 16.3. The Morgan fingerprint density at radius 2 is 1.40 bits per heavy atom. The van der Waals surface area contributed by atoms with Crippen LogP contribution in [0.3, 0.4) is 0 Å². The maximum Gasteiger partial charge on any atom is 0.0549 e. The predicted molar refractivity (Wildman–Crippen MR) is 71.1 cm³/mol. The van der Waals surface area contributed by atoms with E-state index >= 15 is 0 Å². The van der Waals surface area contributed by atoms with E-state index in [0.717, 1.165) is 12.8 Å². The van der Waals surface area contributed by atoms with Gasteiger partial charge in [-0.15, -0.1) is 0 Å². The van der Waals surface area contributed by atoms with Crippen molar-refractivity contribution in [1.82, 2.24) is 0 Å². The summed E-state index contributed by atoms with van der Waals surface area (Å²) >= 11 is 0. The molecule has 0 aromatic rings. The zero-order valence-corrected chi connectivity index (χ0v) is 11.6. The third-order valence-corrected chi connectivity index (χ3v) is 1.93. The molecule has 0 aliphatic rings. The standard InChI is InChI=1S/C6H14.C5H13NO.C2H6/c1-3-5-6-4-2;1-2-5(7)3-4-6;1-2/h3-6H2,1-2H3;5,7H,2-4,6H2,1H3;1-2H3/t;5-;/m.1./s1. The summed E-state index contributed by atoms with van der Waals surface area (Å²) in [6, 6.07) is 0. The van der Waals surface area contributed by atoms with Gasteiger partial charge < -0.3 is 10.8 Å². The minimum Gasteiger partial charge on any atom is -0.393 e. The summed E-state index contributed by atoms with van der Waals surface area (Å²) in [7, 11) is 0. The summed E-state index contributed by atoms with van der Waals surface area (Å²) in [5.74, 6) is 0. The highest BCUT2D eigenvalue weighted by Crippen LogP contribution is 1.95. The van der Waals surface area contributed by atoms with Crippen molar-refractivity contribution >= 4 is 0 Å². The van der Waals surface area contributed by atoms with E-state index in [1.165, 1.54) is 25.7 Å². The first-order chi connectivity index (χ1) is 7.22. The van der Waals surface area contributed by atoms with Gasteiger partial charge in [0.25, 0.3) is 0 Å². The lowest BCUT2D eigenvalue weighted by Gasteiger charge is -2.01. The fraction of sp³-hybridized carbons (Fsp3) is 1.00. The average Bonchev–Trinajstić information content (AvgIpc) is 2.30. The van der Waals surface area contributed by atoms with E-state index in [1.807, 2.05) is 20.8 Å². The molecule has 0 saturated heterocycles. The minimum atomic E-state index is -0.176. The zero-order valence-electron chi connectivity index (χ0n) is 11.6. The Bertz CT molecular complexity index is 72.9. The first kappa shape index (κ1) is 20.3. The quantitative estimate of drug-likeness (QED) is 0.669. The largest absolute Gasteiger partial charge is 0.393 e. The van der Waals surface area contributed by atoms with Gasteiger partial charge in [-0.1, -0.05) is 60.3 Å². The lowest BCUT2D eigenvalue weighted by molar-refractivity contribution is 0.163. The molecular weight excluding hydrogens is 186 g/mol. The summed E-state index contributed by atoms with van der Waals surface area (Å²) in [4.78, 5) is 0. The van der Waals surface area contributed by atoms with E-state index in [9.17, 15) is 0 Å². The molecule has 0 aliphatic heterocycles. The van der Waals surface area contributed by atoms with E-state index in [0.29, 0.717) is 6.54 Å². The Balaban J connectivity index is -0.000000166. The molecular formula is C13H33NO. The molecule has 0 unspecified atom stereocenters. The van der Waals surface area contributed by atoms with E-state index in [-0.39, 0.29) is 6.10 Å². The molecule has 0 aromatic heterocycles. The molecule has 0 fully saturated rings. The molecule has 15 heavy (non-hydrogen) atoms. The predicted octanol–water partition coefficient (Wildman–Crippen LogP) is 3.72. The maximum atomic E-state index is 8.78. The van der Waals surface area contributed by atoms with Crippen molar-refractivity contribution in [3.8, 4) is 0 Å². The summed E-state index contributed by atoms with van der Waals surface area (Å²) in [5, 5.41) is 8.78. The molecule has 0 bridgehead atoms. The third-order valence-electron chi connectivity index (χ3n) is 1.93. The smallest absolute Gasteiger partial charge is 0.0549 e. The van der Waals surface area contributed by atoms with Gasteiger partial charge in [-0.05, 0) is 19.4 Å². The van der Waals surface area contributed by atoms with Crippen molar-refractivity contribution in [1.29, 1.82) is 0 Å². The fourth-order valence-electron chi connectivity index (χ4n) is 0.897. The van der Waals surface area contributed by atoms with Crippen molar-refractivity contribution in [2.24, 2.45) is 5.73 Å². The van der Waals surface area contributed by atoms with Gasteiger partial charge in [0.05, 0.1) is 6.10 Å². The first-order valence-corrected chi connectivity index (χ1v) is 6.60. The van der Waals surface area contributed by atoms with Crippen LogP contribution in [0.1, 0.15) is 73.1 Å². The van der Waals surface area contributed by atoms with E-state index in [4.69, 9.17) is 10.8 Å². The number of hydrogen-bond donors (Lipinski definition) is 2. The van der Waals surface area contributed by atoms with Crippen LogP contribution in [-0.4, -0.2) is 17.8 Å². The molecule has 0 rings (SSSR count). The number of unbranched alkanes of at least 4 members (excludes halogenated alkanes) is 3. The van der Waals surface area contributed by atoms with Crippen LogP contribution in [0.5, 0.6) is 0 Å².